The molecule has 0 saturated heterocycles. The van der Waals surface area contributed by atoms with Crippen LogP contribution < -0.4 is 5.32 Å². The molecule has 140 valence electrons. The van der Waals surface area contributed by atoms with Gasteiger partial charge >= 0.3 is 5.97 Å². The first-order valence-electron chi connectivity index (χ1n) is 8.62. The van der Waals surface area contributed by atoms with Gasteiger partial charge in [-0.1, -0.05) is 43.3 Å². The number of carboxylic acids is 1. The second-order valence-corrected chi connectivity index (χ2v) is 7.28. The first-order chi connectivity index (χ1) is 13.0. The molecule has 0 fully saturated rings. The Hall–Kier alpha value is -2.93. The fraction of sp³-hybridized carbons (Fsp3) is 0.250. The predicted octanol–water partition coefficient (Wildman–Crippen LogP) is 3.31. The summed E-state index contributed by atoms with van der Waals surface area (Å²) in [7, 11) is 1.76. The van der Waals surface area contributed by atoms with Crippen molar-refractivity contribution in [1.82, 2.24) is 15.1 Å². The molecule has 2 heterocycles. The van der Waals surface area contributed by atoms with Crippen molar-refractivity contribution in [3.05, 3.63) is 65.2 Å². The summed E-state index contributed by atoms with van der Waals surface area (Å²) in [5.74, 6) is -1.29. The average Bonchev–Trinajstić information content (AvgIpc) is 3.32. The molecule has 0 radical (unpaired) electrons. The molecular formula is C20H21N3O3S. The van der Waals surface area contributed by atoms with E-state index >= 15 is 0 Å². The maximum absolute atomic E-state index is 12.8. The number of hydrogen-bond acceptors (Lipinski definition) is 4. The number of hydrogen-bond donors (Lipinski definition) is 2. The van der Waals surface area contributed by atoms with Crippen LogP contribution in [0.1, 0.15) is 29.3 Å². The second kappa shape index (κ2) is 7.75. The Bertz CT molecular complexity index is 935. The van der Waals surface area contributed by atoms with Crippen LogP contribution in [0.5, 0.6) is 0 Å². The Balaban J connectivity index is 1.87. The third-order valence-corrected chi connectivity index (χ3v) is 5.59. The highest BCUT2D eigenvalue weighted by atomic mass is 32.1. The molecule has 27 heavy (non-hydrogen) atoms. The Labute approximate surface area is 161 Å². The van der Waals surface area contributed by atoms with Crippen molar-refractivity contribution in [2.75, 3.05) is 6.54 Å². The molecule has 0 aliphatic carbocycles. The lowest BCUT2D eigenvalue weighted by Gasteiger charge is -2.29. The molecule has 0 aliphatic heterocycles. The summed E-state index contributed by atoms with van der Waals surface area (Å²) in [5.41, 5.74) is 0.526. The van der Waals surface area contributed by atoms with E-state index in [-0.39, 0.29) is 12.5 Å². The van der Waals surface area contributed by atoms with E-state index in [2.05, 4.69) is 10.4 Å². The smallest absolute Gasteiger partial charge is 0.315 e. The van der Waals surface area contributed by atoms with Crippen LogP contribution in [0.3, 0.4) is 0 Å². The highest BCUT2D eigenvalue weighted by Gasteiger charge is 2.39. The Kier molecular flexibility index (Phi) is 5.41. The molecule has 0 spiro atoms. The molecule has 3 aromatic rings. The third kappa shape index (κ3) is 3.64. The lowest BCUT2D eigenvalue weighted by molar-refractivity contribution is -0.143. The molecule has 0 saturated carbocycles. The van der Waals surface area contributed by atoms with Crippen LogP contribution in [-0.2, 0) is 17.3 Å². The summed E-state index contributed by atoms with van der Waals surface area (Å²) in [4.78, 5) is 25.8. The van der Waals surface area contributed by atoms with Crippen LogP contribution in [0, 0.1) is 0 Å². The summed E-state index contributed by atoms with van der Waals surface area (Å²) in [6.45, 7) is 1.81. The van der Waals surface area contributed by atoms with Crippen LogP contribution in [0.4, 0.5) is 0 Å². The SMILES string of the molecule is CCC(CNC(=O)c1cn(C)nc1-c1cccs1)(C(=O)O)c1ccccc1. The van der Waals surface area contributed by atoms with Gasteiger partial charge in [0.1, 0.15) is 11.1 Å². The minimum Gasteiger partial charge on any atom is -0.481 e. The number of aliphatic carboxylic acids is 1. The van der Waals surface area contributed by atoms with Crippen LogP contribution in [0.15, 0.2) is 54.0 Å². The number of rotatable bonds is 7. The van der Waals surface area contributed by atoms with Gasteiger partial charge in [0.2, 0.25) is 0 Å². The standard InChI is InChI=1S/C20H21N3O3S/c1-3-20(19(25)26,14-8-5-4-6-9-14)13-21-18(24)15-12-23(2)22-17(15)16-10-7-11-27-16/h4-12H,3,13H2,1-2H3,(H,21,24)(H,25,26). The number of aryl methyl sites for hydroxylation is 1. The molecule has 0 bridgehead atoms. The van der Waals surface area contributed by atoms with Crippen molar-refractivity contribution < 1.29 is 14.7 Å². The van der Waals surface area contributed by atoms with Gasteiger partial charge < -0.3 is 10.4 Å². The normalized spacial score (nSPS) is 13.1. The van der Waals surface area contributed by atoms with E-state index in [1.807, 2.05) is 30.5 Å². The van der Waals surface area contributed by atoms with Crippen LogP contribution >= 0.6 is 11.3 Å². The van der Waals surface area contributed by atoms with Gasteiger partial charge in [0.25, 0.3) is 5.91 Å². The van der Waals surface area contributed by atoms with Gasteiger partial charge in [0, 0.05) is 19.8 Å². The average molecular weight is 383 g/mol. The van der Waals surface area contributed by atoms with Gasteiger partial charge in [0.05, 0.1) is 10.4 Å². The van der Waals surface area contributed by atoms with E-state index in [0.717, 1.165) is 4.88 Å². The Morgan fingerprint density at radius 1 is 1.22 bits per heavy atom. The van der Waals surface area contributed by atoms with E-state index in [9.17, 15) is 14.7 Å². The zero-order valence-electron chi connectivity index (χ0n) is 15.2. The minimum absolute atomic E-state index is 0.000451. The lowest BCUT2D eigenvalue weighted by Crippen LogP contribution is -2.46. The maximum atomic E-state index is 12.8. The first-order valence-corrected chi connectivity index (χ1v) is 9.50. The fourth-order valence-corrected chi connectivity index (χ4v) is 3.84. The van der Waals surface area contributed by atoms with Gasteiger partial charge in [-0.3, -0.25) is 14.3 Å². The molecule has 2 N–H and O–H groups in total. The van der Waals surface area contributed by atoms with Gasteiger partial charge in [-0.2, -0.15) is 5.10 Å². The first kappa shape index (κ1) is 18.8. The van der Waals surface area contributed by atoms with Gasteiger partial charge in [-0.05, 0) is 23.4 Å². The summed E-state index contributed by atoms with van der Waals surface area (Å²) >= 11 is 1.50. The quantitative estimate of drug-likeness (QED) is 0.656. The molecular weight excluding hydrogens is 362 g/mol. The van der Waals surface area contributed by atoms with Gasteiger partial charge in [-0.25, -0.2) is 0 Å². The van der Waals surface area contributed by atoms with E-state index in [4.69, 9.17) is 0 Å². The number of aromatic nitrogens is 2. The Morgan fingerprint density at radius 2 is 1.96 bits per heavy atom. The second-order valence-electron chi connectivity index (χ2n) is 6.33. The molecule has 1 amide bonds. The van der Waals surface area contributed by atoms with Crippen molar-refractivity contribution in [3.8, 4) is 10.6 Å². The lowest BCUT2D eigenvalue weighted by atomic mass is 9.78. The molecule has 3 rings (SSSR count). The molecule has 6 nitrogen and oxygen atoms in total. The molecule has 0 aliphatic rings. The summed E-state index contributed by atoms with van der Waals surface area (Å²) in [6.07, 6.45) is 2.01. The summed E-state index contributed by atoms with van der Waals surface area (Å²) in [6, 6.07) is 12.8. The highest BCUT2D eigenvalue weighted by molar-refractivity contribution is 7.13. The molecule has 2 aromatic heterocycles. The number of carbonyl (C=O) groups excluding carboxylic acids is 1. The zero-order valence-corrected chi connectivity index (χ0v) is 16.0. The zero-order chi connectivity index (χ0) is 19.4. The fourth-order valence-electron chi connectivity index (χ4n) is 3.12. The van der Waals surface area contributed by atoms with Crippen molar-refractivity contribution in [2.45, 2.75) is 18.8 Å². The third-order valence-electron chi connectivity index (χ3n) is 4.72. The van der Waals surface area contributed by atoms with Crippen LogP contribution in [0.25, 0.3) is 10.6 Å². The van der Waals surface area contributed by atoms with Crippen molar-refractivity contribution in [2.24, 2.45) is 7.05 Å². The number of nitrogens with one attached hydrogen (secondary N) is 1. The van der Waals surface area contributed by atoms with Gasteiger partial charge in [0.15, 0.2) is 0 Å². The number of thiophene rings is 1. The molecule has 7 heteroatoms. The van der Waals surface area contributed by atoms with Crippen molar-refractivity contribution in [1.29, 1.82) is 0 Å². The monoisotopic (exact) mass is 383 g/mol. The summed E-state index contributed by atoms with van der Waals surface area (Å²) < 4.78 is 1.59. The largest absolute Gasteiger partial charge is 0.481 e. The highest BCUT2D eigenvalue weighted by Crippen LogP contribution is 2.29. The number of carbonyl (C=O) groups is 2. The maximum Gasteiger partial charge on any atom is 0.315 e. The van der Waals surface area contributed by atoms with E-state index < -0.39 is 11.4 Å². The van der Waals surface area contributed by atoms with E-state index in [1.54, 1.807) is 42.2 Å². The van der Waals surface area contributed by atoms with E-state index in [1.165, 1.54) is 11.3 Å². The Morgan fingerprint density at radius 3 is 2.56 bits per heavy atom. The number of amides is 1. The minimum atomic E-state index is -1.18. The topological polar surface area (TPSA) is 84.2 Å². The van der Waals surface area contributed by atoms with Crippen molar-refractivity contribution in [3.63, 3.8) is 0 Å². The molecule has 1 aromatic carbocycles. The van der Waals surface area contributed by atoms with Crippen LogP contribution in [-0.4, -0.2) is 33.3 Å². The predicted molar refractivity (Wildman–Crippen MR) is 105 cm³/mol. The number of benzene rings is 1. The number of carboxylic acid groups (broad SMARTS) is 1. The van der Waals surface area contributed by atoms with E-state index in [0.29, 0.717) is 23.2 Å². The molecule has 1 atom stereocenters. The molecule has 1 unspecified atom stereocenters. The van der Waals surface area contributed by atoms with Crippen LogP contribution in [0.2, 0.25) is 0 Å². The number of nitrogens with zero attached hydrogens (tertiary/aromatic N) is 2. The summed E-state index contributed by atoms with van der Waals surface area (Å²) in [5, 5.41) is 19.0. The van der Waals surface area contributed by atoms with Crippen molar-refractivity contribution >= 4 is 23.2 Å². The van der Waals surface area contributed by atoms with Gasteiger partial charge in [-0.15, -0.1) is 11.3 Å².